The Balaban J connectivity index is 1.94. The highest BCUT2D eigenvalue weighted by atomic mass is 32.2. The largest absolute Gasteiger partial charge is 0.477 e. The SMILES string of the molecule is Cc1csc(C(=O)O)c1S(=O)(=O)N1CCN2CCCC2C1. The number of hydrogen-bond donors (Lipinski definition) is 1. The Kier molecular flexibility index (Phi) is 3.81. The maximum Gasteiger partial charge on any atom is 0.347 e. The molecule has 3 heterocycles. The quantitative estimate of drug-likeness (QED) is 0.902. The zero-order chi connectivity index (χ0) is 15.2. The minimum Gasteiger partial charge on any atom is -0.477 e. The fourth-order valence-corrected chi connectivity index (χ4v) is 6.26. The van der Waals surface area contributed by atoms with Gasteiger partial charge < -0.3 is 5.11 Å². The Bertz CT molecular complexity index is 668. The first kappa shape index (κ1) is 15.0. The Morgan fingerprint density at radius 3 is 2.86 bits per heavy atom. The fraction of sp³-hybridized carbons (Fsp3) is 0.615. The summed E-state index contributed by atoms with van der Waals surface area (Å²) in [5.74, 6) is -1.17. The van der Waals surface area contributed by atoms with Crippen LogP contribution in [0.25, 0.3) is 0 Å². The minimum absolute atomic E-state index is 0.0218. The van der Waals surface area contributed by atoms with Gasteiger partial charge in [-0.15, -0.1) is 11.3 Å². The van der Waals surface area contributed by atoms with Gasteiger partial charge in [0.05, 0.1) is 0 Å². The van der Waals surface area contributed by atoms with Gasteiger partial charge in [-0.05, 0) is 37.3 Å². The molecule has 1 unspecified atom stereocenters. The van der Waals surface area contributed by atoms with Crippen LogP contribution in [0.5, 0.6) is 0 Å². The van der Waals surface area contributed by atoms with Gasteiger partial charge in [0.15, 0.2) is 0 Å². The maximum absolute atomic E-state index is 12.8. The van der Waals surface area contributed by atoms with Crippen LogP contribution in [0.4, 0.5) is 0 Å². The monoisotopic (exact) mass is 330 g/mol. The molecular weight excluding hydrogens is 312 g/mol. The Morgan fingerprint density at radius 2 is 2.14 bits per heavy atom. The molecule has 0 bridgehead atoms. The van der Waals surface area contributed by atoms with Gasteiger partial charge in [0, 0.05) is 25.7 Å². The van der Waals surface area contributed by atoms with Crippen LogP contribution in [0.2, 0.25) is 0 Å². The summed E-state index contributed by atoms with van der Waals surface area (Å²) in [6.07, 6.45) is 2.12. The lowest BCUT2D eigenvalue weighted by Gasteiger charge is -2.36. The summed E-state index contributed by atoms with van der Waals surface area (Å²) in [7, 11) is -3.73. The van der Waals surface area contributed by atoms with E-state index in [0.29, 0.717) is 18.7 Å². The molecule has 2 aliphatic rings. The van der Waals surface area contributed by atoms with Crippen molar-refractivity contribution in [1.82, 2.24) is 9.21 Å². The van der Waals surface area contributed by atoms with Crippen molar-refractivity contribution >= 4 is 27.3 Å². The average Bonchev–Trinajstić information content (AvgIpc) is 3.03. The van der Waals surface area contributed by atoms with Crippen LogP contribution in [0.15, 0.2) is 10.3 Å². The molecule has 116 valence electrons. The van der Waals surface area contributed by atoms with E-state index in [-0.39, 0.29) is 15.8 Å². The number of carboxylic acid groups (broad SMARTS) is 1. The van der Waals surface area contributed by atoms with E-state index in [1.807, 2.05) is 0 Å². The van der Waals surface area contributed by atoms with Crippen molar-refractivity contribution in [3.05, 3.63) is 15.8 Å². The molecule has 0 radical (unpaired) electrons. The van der Waals surface area contributed by atoms with E-state index in [1.165, 1.54) is 4.31 Å². The van der Waals surface area contributed by atoms with Crippen LogP contribution in [-0.4, -0.2) is 60.9 Å². The number of aromatic carboxylic acids is 1. The number of carboxylic acids is 1. The minimum atomic E-state index is -3.73. The van der Waals surface area contributed by atoms with Gasteiger partial charge >= 0.3 is 5.97 Å². The summed E-state index contributed by atoms with van der Waals surface area (Å²) in [5, 5.41) is 10.8. The molecule has 0 aliphatic carbocycles. The Labute approximate surface area is 128 Å². The van der Waals surface area contributed by atoms with Gasteiger partial charge in [0.2, 0.25) is 10.0 Å². The van der Waals surface area contributed by atoms with Crippen LogP contribution in [0, 0.1) is 6.92 Å². The molecule has 0 spiro atoms. The molecule has 1 aromatic heterocycles. The van der Waals surface area contributed by atoms with E-state index in [1.54, 1.807) is 12.3 Å². The van der Waals surface area contributed by atoms with Crippen molar-refractivity contribution < 1.29 is 18.3 Å². The lowest BCUT2D eigenvalue weighted by Crippen LogP contribution is -2.52. The van der Waals surface area contributed by atoms with Crippen molar-refractivity contribution in [3.8, 4) is 0 Å². The molecule has 1 atom stereocenters. The van der Waals surface area contributed by atoms with Crippen LogP contribution < -0.4 is 0 Å². The van der Waals surface area contributed by atoms with E-state index in [4.69, 9.17) is 0 Å². The standard InChI is InChI=1S/C13H18N2O4S2/c1-9-8-20-11(13(16)17)12(9)21(18,19)15-6-5-14-4-2-3-10(14)7-15/h8,10H,2-7H2,1H3,(H,16,17). The Morgan fingerprint density at radius 1 is 1.38 bits per heavy atom. The predicted octanol–water partition coefficient (Wildman–Crippen LogP) is 1.22. The van der Waals surface area contributed by atoms with Gasteiger partial charge in [-0.25, -0.2) is 13.2 Å². The maximum atomic E-state index is 12.8. The average molecular weight is 330 g/mol. The summed E-state index contributed by atoms with van der Waals surface area (Å²) in [4.78, 5) is 13.5. The second-order valence-electron chi connectivity index (χ2n) is 5.58. The lowest BCUT2D eigenvalue weighted by atomic mass is 10.2. The molecule has 21 heavy (non-hydrogen) atoms. The highest BCUT2D eigenvalue weighted by Gasteiger charge is 2.38. The van der Waals surface area contributed by atoms with Crippen molar-refractivity contribution in [3.63, 3.8) is 0 Å². The third kappa shape index (κ3) is 2.50. The number of thiophene rings is 1. The van der Waals surface area contributed by atoms with Gasteiger partial charge in [-0.2, -0.15) is 4.31 Å². The molecule has 2 aliphatic heterocycles. The molecule has 8 heteroatoms. The van der Waals surface area contributed by atoms with E-state index in [9.17, 15) is 18.3 Å². The smallest absolute Gasteiger partial charge is 0.347 e. The van der Waals surface area contributed by atoms with Crippen LogP contribution in [-0.2, 0) is 10.0 Å². The fourth-order valence-electron chi connectivity index (χ4n) is 3.21. The molecule has 2 saturated heterocycles. The number of sulfonamides is 1. The molecule has 0 amide bonds. The van der Waals surface area contributed by atoms with E-state index in [2.05, 4.69) is 4.90 Å². The van der Waals surface area contributed by atoms with E-state index in [0.717, 1.165) is 37.3 Å². The molecule has 3 rings (SSSR count). The van der Waals surface area contributed by atoms with Crippen molar-refractivity contribution in [2.45, 2.75) is 30.7 Å². The number of carbonyl (C=O) groups is 1. The first-order valence-electron chi connectivity index (χ1n) is 6.97. The van der Waals surface area contributed by atoms with Gasteiger partial charge in [-0.3, -0.25) is 4.90 Å². The highest BCUT2D eigenvalue weighted by Crippen LogP contribution is 2.32. The third-order valence-corrected chi connectivity index (χ3v) is 7.53. The van der Waals surface area contributed by atoms with E-state index < -0.39 is 16.0 Å². The zero-order valence-electron chi connectivity index (χ0n) is 11.8. The second-order valence-corrected chi connectivity index (χ2v) is 8.33. The van der Waals surface area contributed by atoms with Gasteiger partial charge in [0.25, 0.3) is 0 Å². The van der Waals surface area contributed by atoms with Crippen molar-refractivity contribution in [2.24, 2.45) is 0 Å². The van der Waals surface area contributed by atoms with Crippen LogP contribution in [0.3, 0.4) is 0 Å². The number of hydrogen-bond acceptors (Lipinski definition) is 5. The number of aryl methyl sites for hydroxylation is 1. The molecule has 0 aromatic carbocycles. The number of fused-ring (bicyclic) bond motifs is 1. The van der Waals surface area contributed by atoms with Gasteiger partial charge in [0.1, 0.15) is 9.77 Å². The summed E-state index contributed by atoms with van der Waals surface area (Å²) in [6, 6.07) is 0.278. The van der Waals surface area contributed by atoms with Crippen molar-refractivity contribution in [1.29, 1.82) is 0 Å². The third-order valence-electron chi connectivity index (χ3n) is 4.26. The topological polar surface area (TPSA) is 77.9 Å². The molecule has 2 fully saturated rings. The lowest BCUT2D eigenvalue weighted by molar-refractivity contribution is 0.0698. The zero-order valence-corrected chi connectivity index (χ0v) is 13.4. The molecule has 1 aromatic rings. The number of piperazine rings is 1. The van der Waals surface area contributed by atoms with E-state index >= 15 is 0 Å². The normalized spacial score (nSPS) is 24.1. The molecular formula is C13H18N2O4S2. The molecule has 0 saturated carbocycles. The second kappa shape index (κ2) is 5.35. The number of rotatable bonds is 3. The molecule has 6 nitrogen and oxygen atoms in total. The molecule has 1 N–H and O–H groups in total. The van der Waals surface area contributed by atoms with Crippen LogP contribution >= 0.6 is 11.3 Å². The Hall–Kier alpha value is -0.960. The first-order chi connectivity index (χ1) is 9.91. The van der Waals surface area contributed by atoms with Gasteiger partial charge in [-0.1, -0.05) is 0 Å². The highest BCUT2D eigenvalue weighted by molar-refractivity contribution is 7.89. The summed E-state index contributed by atoms with van der Waals surface area (Å²) < 4.78 is 27.1. The summed E-state index contributed by atoms with van der Waals surface area (Å²) >= 11 is 0.979. The first-order valence-corrected chi connectivity index (χ1v) is 9.29. The summed E-state index contributed by atoms with van der Waals surface area (Å²) in [5.41, 5.74) is 0.520. The summed E-state index contributed by atoms with van der Waals surface area (Å²) in [6.45, 7) is 4.33. The van der Waals surface area contributed by atoms with Crippen molar-refractivity contribution in [2.75, 3.05) is 26.2 Å². The predicted molar refractivity (Wildman–Crippen MR) is 79.4 cm³/mol. The van der Waals surface area contributed by atoms with Crippen LogP contribution in [0.1, 0.15) is 28.1 Å². The number of nitrogens with zero attached hydrogens (tertiary/aromatic N) is 2.